The number of hydrogen-bond acceptors (Lipinski definition) is 2. The molecule has 2 unspecified atom stereocenters. The molecule has 0 radical (unpaired) electrons. The molecule has 1 saturated carbocycles. The van der Waals surface area contributed by atoms with Gasteiger partial charge in [0.1, 0.15) is 6.61 Å². The molecule has 70 valence electrons. The molecule has 2 heteroatoms. The van der Waals surface area contributed by atoms with Gasteiger partial charge in [-0.05, 0) is 18.8 Å². The van der Waals surface area contributed by atoms with Gasteiger partial charge in [0, 0.05) is 13.0 Å². The number of carbonyl (C=O) groups is 1. The standard InChI is InChI=1S/C10H18O2/c1-8-4-3-5-9(6-8)10(11)7-12-2/h8-9H,3-7H2,1-2H3. The second-order valence-electron chi connectivity index (χ2n) is 3.87. The van der Waals surface area contributed by atoms with Gasteiger partial charge in [-0.15, -0.1) is 0 Å². The molecule has 0 heterocycles. The molecule has 12 heavy (non-hydrogen) atoms. The van der Waals surface area contributed by atoms with Crippen molar-refractivity contribution < 1.29 is 9.53 Å². The third-order valence-electron chi connectivity index (χ3n) is 2.68. The van der Waals surface area contributed by atoms with Gasteiger partial charge in [-0.2, -0.15) is 0 Å². The van der Waals surface area contributed by atoms with Crippen molar-refractivity contribution >= 4 is 5.78 Å². The molecule has 2 nitrogen and oxygen atoms in total. The number of ether oxygens (including phenoxy) is 1. The molecule has 0 amide bonds. The molecule has 1 fully saturated rings. The summed E-state index contributed by atoms with van der Waals surface area (Å²) in [5, 5.41) is 0. The summed E-state index contributed by atoms with van der Waals surface area (Å²) in [7, 11) is 1.59. The number of hydrogen-bond donors (Lipinski definition) is 0. The molecule has 0 aromatic carbocycles. The fraction of sp³-hybridized carbons (Fsp3) is 0.900. The predicted octanol–water partition coefficient (Wildman–Crippen LogP) is 2.03. The molecular formula is C10H18O2. The first-order valence-electron chi connectivity index (χ1n) is 4.75. The summed E-state index contributed by atoms with van der Waals surface area (Å²) in [6, 6.07) is 0. The lowest BCUT2D eigenvalue weighted by Gasteiger charge is -2.25. The highest BCUT2D eigenvalue weighted by molar-refractivity contribution is 5.82. The lowest BCUT2D eigenvalue weighted by molar-refractivity contribution is -0.127. The van der Waals surface area contributed by atoms with E-state index in [-0.39, 0.29) is 5.92 Å². The lowest BCUT2D eigenvalue weighted by atomic mass is 9.80. The van der Waals surface area contributed by atoms with Gasteiger partial charge in [-0.3, -0.25) is 4.79 Å². The average molecular weight is 170 g/mol. The van der Waals surface area contributed by atoms with Crippen LogP contribution in [0.25, 0.3) is 0 Å². The first-order valence-corrected chi connectivity index (χ1v) is 4.75. The second-order valence-corrected chi connectivity index (χ2v) is 3.87. The minimum absolute atomic E-state index is 0.286. The van der Waals surface area contributed by atoms with Crippen molar-refractivity contribution in [1.82, 2.24) is 0 Å². The Morgan fingerprint density at radius 2 is 2.25 bits per heavy atom. The van der Waals surface area contributed by atoms with Gasteiger partial charge >= 0.3 is 0 Å². The van der Waals surface area contributed by atoms with Crippen LogP contribution in [0, 0.1) is 11.8 Å². The summed E-state index contributed by atoms with van der Waals surface area (Å²) in [5.74, 6) is 1.31. The second kappa shape index (κ2) is 4.61. The number of carbonyl (C=O) groups excluding carboxylic acids is 1. The van der Waals surface area contributed by atoms with Crippen LogP contribution in [-0.2, 0) is 9.53 Å². The van der Waals surface area contributed by atoms with Crippen LogP contribution in [0.3, 0.4) is 0 Å². The van der Waals surface area contributed by atoms with E-state index in [1.54, 1.807) is 7.11 Å². The molecule has 0 aromatic rings. The van der Waals surface area contributed by atoms with E-state index in [0.29, 0.717) is 12.4 Å². The maximum Gasteiger partial charge on any atom is 0.161 e. The number of rotatable bonds is 3. The van der Waals surface area contributed by atoms with E-state index in [9.17, 15) is 4.79 Å². The van der Waals surface area contributed by atoms with Crippen molar-refractivity contribution in [2.45, 2.75) is 32.6 Å². The number of Topliss-reactive ketones (excluding diaryl/α,β-unsaturated/α-hetero) is 1. The molecule has 1 rings (SSSR count). The summed E-state index contributed by atoms with van der Waals surface area (Å²) in [5.41, 5.74) is 0. The smallest absolute Gasteiger partial charge is 0.161 e. The van der Waals surface area contributed by atoms with Crippen LogP contribution in [0.5, 0.6) is 0 Å². The van der Waals surface area contributed by atoms with Crippen LogP contribution < -0.4 is 0 Å². The maximum absolute atomic E-state index is 11.4. The van der Waals surface area contributed by atoms with E-state index in [1.165, 1.54) is 12.8 Å². The van der Waals surface area contributed by atoms with E-state index in [1.807, 2.05) is 0 Å². The fourth-order valence-corrected chi connectivity index (χ4v) is 1.99. The van der Waals surface area contributed by atoms with Gasteiger partial charge in [0.25, 0.3) is 0 Å². The Balaban J connectivity index is 2.35. The topological polar surface area (TPSA) is 26.3 Å². The normalized spacial score (nSPS) is 30.2. The van der Waals surface area contributed by atoms with Gasteiger partial charge in [0.2, 0.25) is 0 Å². The monoisotopic (exact) mass is 170 g/mol. The predicted molar refractivity (Wildman–Crippen MR) is 48.0 cm³/mol. The van der Waals surface area contributed by atoms with Crippen molar-refractivity contribution in [2.75, 3.05) is 13.7 Å². The van der Waals surface area contributed by atoms with Gasteiger partial charge in [0.05, 0.1) is 0 Å². The van der Waals surface area contributed by atoms with Crippen LogP contribution in [0.1, 0.15) is 32.6 Å². The quantitative estimate of drug-likeness (QED) is 0.647. The van der Waals surface area contributed by atoms with E-state index in [4.69, 9.17) is 4.74 Å². The van der Waals surface area contributed by atoms with Crippen molar-refractivity contribution in [3.63, 3.8) is 0 Å². The third-order valence-corrected chi connectivity index (χ3v) is 2.68. The van der Waals surface area contributed by atoms with Crippen LogP contribution in [0.4, 0.5) is 0 Å². The highest BCUT2D eigenvalue weighted by Crippen LogP contribution is 2.28. The third kappa shape index (κ3) is 2.59. The Labute approximate surface area is 74.3 Å². The van der Waals surface area contributed by atoms with E-state index >= 15 is 0 Å². The average Bonchev–Trinajstić information content (AvgIpc) is 2.05. The number of methoxy groups -OCH3 is 1. The zero-order chi connectivity index (χ0) is 8.97. The van der Waals surface area contributed by atoms with Gasteiger partial charge < -0.3 is 4.74 Å². The molecule has 2 atom stereocenters. The summed E-state index contributed by atoms with van der Waals surface area (Å²) in [4.78, 5) is 11.4. The lowest BCUT2D eigenvalue weighted by Crippen LogP contribution is -2.24. The SMILES string of the molecule is COCC(=O)C1CCCC(C)C1. The molecule has 0 aliphatic heterocycles. The van der Waals surface area contributed by atoms with E-state index in [0.717, 1.165) is 18.8 Å². The summed E-state index contributed by atoms with van der Waals surface area (Å²) in [6.07, 6.45) is 4.65. The van der Waals surface area contributed by atoms with Crippen molar-refractivity contribution in [2.24, 2.45) is 11.8 Å². The zero-order valence-corrected chi connectivity index (χ0v) is 8.01. The van der Waals surface area contributed by atoms with Gasteiger partial charge in [0.15, 0.2) is 5.78 Å². The Morgan fingerprint density at radius 3 is 2.83 bits per heavy atom. The van der Waals surface area contributed by atoms with Crippen molar-refractivity contribution in [3.8, 4) is 0 Å². The molecule has 0 N–H and O–H groups in total. The van der Waals surface area contributed by atoms with E-state index < -0.39 is 0 Å². The van der Waals surface area contributed by atoms with Crippen LogP contribution in [0.2, 0.25) is 0 Å². The molecular weight excluding hydrogens is 152 g/mol. The molecule has 0 spiro atoms. The molecule has 0 aromatic heterocycles. The van der Waals surface area contributed by atoms with Crippen LogP contribution >= 0.6 is 0 Å². The first-order chi connectivity index (χ1) is 5.74. The van der Waals surface area contributed by atoms with Crippen LogP contribution in [0.15, 0.2) is 0 Å². The Bertz CT molecular complexity index is 154. The van der Waals surface area contributed by atoms with Gasteiger partial charge in [-0.25, -0.2) is 0 Å². The Kier molecular flexibility index (Phi) is 3.73. The Morgan fingerprint density at radius 1 is 1.50 bits per heavy atom. The number of ketones is 1. The molecule has 0 bridgehead atoms. The summed E-state index contributed by atoms with van der Waals surface area (Å²) in [6.45, 7) is 2.53. The Hall–Kier alpha value is -0.370. The summed E-state index contributed by atoms with van der Waals surface area (Å²) < 4.78 is 4.84. The minimum Gasteiger partial charge on any atom is -0.377 e. The summed E-state index contributed by atoms with van der Waals surface area (Å²) >= 11 is 0. The molecule has 0 saturated heterocycles. The zero-order valence-electron chi connectivity index (χ0n) is 8.01. The maximum atomic E-state index is 11.4. The van der Waals surface area contributed by atoms with Crippen molar-refractivity contribution in [3.05, 3.63) is 0 Å². The fourth-order valence-electron chi connectivity index (χ4n) is 1.99. The van der Waals surface area contributed by atoms with Crippen LogP contribution in [-0.4, -0.2) is 19.5 Å². The highest BCUT2D eigenvalue weighted by atomic mass is 16.5. The largest absolute Gasteiger partial charge is 0.377 e. The minimum atomic E-state index is 0.286. The first kappa shape index (κ1) is 9.72. The van der Waals surface area contributed by atoms with E-state index in [2.05, 4.69) is 6.92 Å². The molecule has 1 aliphatic rings. The van der Waals surface area contributed by atoms with Crippen molar-refractivity contribution in [1.29, 1.82) is 0 Å². The van der Waals surface area contributed by atoms with Gasteiger partial charge in [-0.1, -0.05) is 19.8 Å². The highest BCUT2D eigenvalue weighted by Gasteiger charge is 2.24. The molecule has 1 aliphatic carbocycles.